The molecule has 2 aromatic heterocycles. The summed E-state index contributed by atoms with van der Waals surface area (Å²) in [6.07, 6.45) is 2.54. The molecule has 0 aliphatic carbocycles. The van der Waals surface area contributed by atoms with E-state index in [2.05, 4.69) is 10.4 Å². The summed E-state index contributed by atoms with van der Waals surface area (Å²) < 4.78 is 3.81. The number of para-hydroxylation sites is 1. The molecule has 6 rings (SSSR count). The fourth-order valence-electron chi connectivity index (χ4n) is 4.94. The third kappa shape index (κ3) is 3.04. The summed E-state index contributed by atoms with van der Waals surface area (Å²) in [4.78, 5) is 43.2. The van der Waals surface area contributed by atoms with Gasteiger partial charge in [0.2, 0.25) is 11.8 Å². The molecule has 170 valence electrons. The third-order valence-electron chi connectivity index (χ3n) is 6.67. The quantitative estimate of drug-likeness (QED) is 0.479. The van der Waals surface area contributed by atoms with Crippen LogP contribution in [0.5, 0.6) is 0 Å². The van der Waals surface area contributed by atoms with Crippen LogP contribution in [0.3, 0.4) is 0 Å². The third-order valence-corrected chi connectivity index (χ3v) is 6.67. The minimum Gasteiger partial charge on any atom is -0.332 e. The van der Waals surface area contributed by atoms with Gasteiger partial charge >= 0.3 is 0 Å². The molecule has 0 radical (unpaired) electrons. The second-order valence-corrected chi connectivity index (χ2v) is 8.82. The number of carbonyl (C=O) groups is 3. The molecule has 9 heteroatoms. The highest BCUT2D eigenvalue weighted by atomic mass is 16.2. The van der Waals surface area contributed by atoms with E-state index in [1.54, 1.807) is 11.0 Å². The number of amides is 3. The Morgan fingerprint density at radius 2 is 1.88 bits per heavy atom. The Morgan fingerprint density at radius 3 is 2.71 bits per heavy atom. The number of aromatic nitrogens is 4. The summed E-state index contributed by atoms with van der Waals surface area (Å²) in [5.41, 5.74) is 4.95. The van der Waals surface area contributed by atoms with Crippen LogP contribution in [0.2, 0.25) is 0 Å². The van der Waals surface area contributed by atoms with Crippen molar-refractivity contribution in [1.82, 2.24) is 29.5 Å². The molecule has 1 atom stereocenters. The van der Waals surface area contributed by atoms with Gasteiger partial charge in [-0.3, -0.25) is 24.4 Å². The Bertz CT molecular complexity index is 1510. The molecule has 3 amide bonds. The second-order valence-electron chi connectivity index (χ2n) is 8.82. The lowest BCUT2D eigenvalue weighted by atomic mass is 10.0. The highest BCUT2D eigenvalue weighted by Crippen LogP contribution is 2.33. The lowest BCUT2D eigenvalue weighted by Crippen LogP contribution is -2.52. The molecule has 0 spiro atoms. The summed E-state index contributed by atoms with van der Waals surface area (Å²) in [5.74, 6) is -0.125. The molecule has 0 bridgehead atoms. The number of piperidine rings is 1. The van der Waals surface area contributed by atoms with Gasteiger partial charge in [-0.25, -0.2) is 4.98 Å². The number of carbonyl (C=O) groups excluding carboxylic acids is 3. The lowest BCUT2D eigenvalue weighted by Gasteiger charge is -2.29. The average Bonchev–Trinajstić information content (AvgIpc) is 3.47. The van der Waals surface area contributed by atoms with Gasteiger partial charge in [-0.05, 0) is 30.2 Å². The van der Waals surface area contributed by atoms with Crippen LogP contribution in [0.15, 0.2) is 48.7 Å². The van der Waals surface area contributed by atoms with Crippen molar-refractivity contribution >= 4 is 28.6 Å². The summed E-state index contributed by atoms with van der Waals surface area (Å²) in [5, 5.41) is 8.06. The van der Waals surface area contributed by atoms with Gasteiger partial charge in [-0.15, -0.1) is 0 Å². The van der Waals surface area contributed by atoms with Crippen LogP contribution in [0.1, 0.15) is 28.8 Å². The molecule has 0 saturated carbocycles. The molecule has 2 aliphatic heterocycles. The minimum atomic E-state index is -0.625. The van der Waals surface area contributed by atoms with Crippen molar-refractivity contribution in [3.05, 3.63) is 59.8 Å². The van der Waals surface area contributed by atoms with Crippen molar-refractivity contribution in [3.8, 4) is 22.8 Å². The van der Waals surface area contributed by atoms with E-state index in [1.807, 2.05) is 65.9 Å². The van der Waals surface area contributed by atoms with Gasteiger partial charge in [-0.1, -0.05) is 24.3 Å². The number of imidazole rings is 1. The molecule has 2 aromatic carbocycles. The maximum absolute atomic E-state index is 13.0. The van der Waals surface area contributed by atoms with Crippen LogP contribution in [0, 0.1) is 0 Å². The fraction of sp³-hybridized carbons (Fsp3) is 0.240. The number of benzene rings is 2. The molecule has 1 saturated heterocycles. The monoisotopic (exact) mass is 454 g/mol. The van der Waals surface area contributed by atoms with E-state index in [0.717, 1.165) is 39.2 Å². The summed E-state index contributed by atoms with van der Waals surface area (Å²) in [6, 6.07) is 13.1. The standard InChI is InChI=1S/C25H22N6O3/c1-29-13-18(26-23(29)22-17-5-3-4-6-19(17)30(2)28-22)14-7-8-16-15(11-14)12-31(25(16)34)20-9-10-21(32)27-24(20)33/h3-8,11,13,20H,9-10,12H2,1-2H3,(H,27,32,33). The molecule has 9 nitrogen and oxygen atoms in total. The molecule has 1 fully saturated rings. The highest BCUT2D eigenvalue weighted by molar-refractivity contribution is 6.05. The van der Waals surface area contributed by atoms with E-state index in [1.165, 1.54) is 0 Å². The van der Waals surface area contributed by atoms with Gasteiger partial charge in [0, 0.05) is 49.8 Å². The lowest BCUT2D eigenvalue weighted by molar-refractivity contribution is -0.136. The summed E-state index contributed by atoms with van der Waals surface area (Å²) in [6.45, 7) is 0.332. The predicted octanol–water partition coefficient (Wildman–Crippen LogP) is 2.40. The van der Waals surface area contributed by atoms with Crippen LogP contribution < -0.4 is 5.32 Å². The topological polar surface area (TPSA) is 102 Å². The molecule has 1 N–H and O–H groups in total. The van der Waals surface area contributed by atoms with Crippen LogP contribution in [-0.4, -0.2) is 48.0 Å². The van der Waals surface area contributed by atoms with E-state index in [0.29, 0.717) is 18.5 Å². The highest BCUT2D eigenvalue weighted by Gasteiger charge is 2.39. The van der Waals surface area contributed by atoms with Crippen LogP contribution in [-0.2, 0) is 30.2 Å². The largest absolute Gasteiger partial charge is 0.332 e. The number of nitrogens with one attached hydrogen (secondary N) is 1. The van der Waals surface area contributed by atoms with Crippen molar-refractivity contribution in [2.24, 2.45) is 14.1 Å². The Hall–Kier alpha value is -4.27. The fourth-order valence-corrected chi connectivity index (χ4v) is 4.94. The Morgan fingerprint density at radius 1 is 1.06 bits per heavy atom. The predicted molar refractivity (Wildman–Crippen MR) is 124 cm³/mol. The van der Waals surface area contributed by atoms with Crippen LogP contribution in [0.4, 0.5) is 0 Å². The van der Waals surface area contributed by atoms with E-state index in [4.69, 9.17) is 4.98 Å². The smallest absolute Gasteiger partial charge is 0.255 e. The molecular formula is C25H22N6O3. The van der Waals surface area contributed by atoms with E-state index < -0.39 is 11.9 Å². The van der Waals surface area contributed by atoms with E-state index in [9.17, 15) is 14.4 Å². The van der Waals surface area contributed by atoms with Gasteiger partial charge in [-0.2, -0.15) is 5.10 Å². The number of aryl methyl sites for hydroxylation is 2. The molecule has 1 unspecified atom stereocenters. The van der Waals surface area contributed by atoms with Gasteiger partial charge in [0.25, 0.3) is 5.91 Å². The number of fused-ring (bicyclic) bond motifs is 2. The number of rotatable bonds is 3. The Balaban J connectivity index is 1.33. The second kappa shape index (κ2) is 7.38. The Kier molecular flexibility index (Phi) is 4.41. The molecule has 34 heavy (non-hydrogen) atoms. The van der Waals surface area contributed by atoms with Gasteiger partial charge in [0.15, 0.2) is 5.82 Å². The Labute approximate surface area is 195 Å². The summed E-state index contributed by atoms with van der Waals surface area (Å²) >= 11 is 0. The maximum Gasteiger partial charge on any atom is 0.255 e. The van der Waals surface area contributed by atoms with Crippen LogP contribution >= 0.6 is 0 Å². The van der Waals surface area contributed by atoms with Crippen molar-refractivity contribution in [3.63, 3.8) is 0 Å². The maximum atomic E-state index is 13.0. The van der Waals surface area contributed by atoms with E-state index >= 15 is 0 Å². The number of hydrogen-bond donors (Lipinski definition) is 1. The molecule has 4 aromatic rings. The zero-order valence-electron chi connectivity index (χ0n) is 18.8. The van der Waals surface area contributed by atoms with Crippen molar-refractivity contribution in [1.29, 1.82) is 0 Å². The molecule has 2 aliphatic rings. The first-order valence-corrected chi connectivity index (χ1v) is 11.1. The minimum absolute atomic E-state index is 0.183. The molecule has 4 heterocycles. The van der Waals surface area contributed by atoms with Crippen molar-refractivity contribution < 1.29 is 14.4 Å². The number of imide groups is 1. The first-order valence-electron chi connectivity index (χ1n) is 11.1. The van der Waals surface area contributed by atoms with Crippen molar-refractivity contribution in [2.75, 3.05) is 0 Å². The normalized spacial score (nSPS) is 18.0. The first kappa shape index (κ1) is 20.3. The first-order chi connectivity index (χ1) is 16.4. The van der Waals surface area contributed by atoms with Crippen molar-refractivity contribution in [2.45, 2.75) is 25.4 Å². The zero-order chi connectivity index (χ0) is 23.6. The van der Waals surface area contributed by atoms with Gasteiger partial charge < -0.3 is 9.47 Å². The van der Waals surface area contributed by atoms with Gasteiger partial charge in [0.1, 0.15) is 11.7 Å². The zero-order valence-corrected chi connectivity index (χ0v) is 18.8. The van der Waals surface area contributed by atoms with E-state index in [-0.39, 0.29) is 18.2 Å². The summed E-state index contributed by atoms with van der Waals surface area (Å²) in [7, 11) is 3.86. The number of nitrogens with zero attached hydrogens (tertiary/aromatic N) is 5. The number of hydrogen-bond acceptors (Lipinski definition) is 5. The average molecular weight is 454 g/mol. The van der Waals surface area contributed by atoms with Gasteiger partial charge in [0.05, 0.1) is 11.2 Å². The van der Waals surface area contributed by atoms with Crippen LogP contribution in [0.25, 0.3) is 33.7 Å². The molecular weight excluding hydrogens is 432 g/mol. The SMILES string of the molecule is Cn1cc(-c2ccc3c(c2)CN(C2CCC(=O)NC2=O)C3=O)nc1-c1nn(C)c2ccccc12.